The van der Waals surface area contributed by atoms with E-state index in [9.17, 15) is 0 Å². The Labute approximate surface area is 104 Å². The van der Waals surface area contributed by atoms with Crippen molar-refractivity contribution in [1.29, 1.82) is 0 Å². The third-order valence-electron chi connectivity index (χ3n) is 2.21. The number of methoxy groups -OCH3 is 1. The minimum atomic E-state index is 0.372. The van der Waals surface area contributed by atoms with E-state index in [0.717, 1.165) is 22.4 Å². The Hall–Kier alpha value is -0.870. The van der Waals surface area contributed by atoms with E-state index in [2.05, 4.69) is 17.2 Å². The van der Waals surface area contributed by atoms with Crippen molar-refractivity contribution in [3.63, 3.8) is 0 Å². The standard InChI is InChI=1S/C11H13ClN2OS/c1-7-6-16-11(13-7)14-10-5-8(15-2)3-4-9(10)12/h3-5,7H,6H2,1-2H3,(H,13,14). The molecule has 1 unspecified atom stereocenters. The normalized spacial score (nSPS) is 19.4. The predicted octanol–water partition coefficient (Wildman–Crippen LogP) is 3.25. The van der Waals surface area contributed by atoms with E-state index >= 15 is 0 Å². The smallest absolute Gasteiger partial charge is 0.161 e. The van der Waals surface area contributed by atoms with Crippen LogP contribution in [0.5, 0.6) is 5.75 Å². The van der Waals surface area contributed by atoms with Crippen LogP contribution in [-0.4, -0.2) is 24.1 Å². The third kappa shape index (κ3) is 2.62. The number of hydrogen-bond donors (Lipinski definition) is 1. The first-order valence-corrected chi connectivity index (χ1v) is 6.36. The lowest BCUT2D eigenvalue weighted by atomic mass is 10.3. The third-order valence-corrected chi connectivity index (χ3v) is 3.67. The zero-order valence-electron chi connectivity index (χ0n) is 9.16. The lowest BCUT2D eigenvalue weighted by Crippen LogP contribution is -2.05. The van der Waals surface area contributed by atoms with Crippen LogP contribution >= 0.6 is 23.4 Å². The summed E-state index contributed by atoms with van der Waals surface area (Å²) in [6, 6.07) is 5.89. The fourth-order valence-corrected chi connectivity index (χ4v) is 2.46. The summed E-state index contributed by atoms with van der Waals surface area (Å²) in [6.45, 7) is 2.09. The second kappa shape index (κ2) is 4.97. The summed E-state index contributed by atoms with van der Waals surface area (Å²) in [5.74, 6) is 1.80. The van der Waals surface area contributed by atoms with E-state index in [4.69, 9.17) is 16.3 Å². The zero-order valence-corrected chi connectivity index (χ0v) is 10.7. The number of anilines is 1. The van der Waals surface area contributed by atoms with Crippen LogP contribution in [0.15, 0.2) is 23.2 Å². The van der Waals surface area contributed by atoms with Crippen molar-refractivity contribution in [2.24, 2.45) is 4.99 Å². The van der Waals surface area contributed by atoms with Gasteiger partial charge in [-0.25, -0.2) is 0 Å². The molecule has 0 saturated heterocycles. The van der Waals surface area contributed by atoms with Crippen molar-refractivity contribution >= 4 is 34.2 Å². The monoisotopic (exact) mass is 256 g/mol. The molecule has 16 heavy (non-hydrogen) atoms. The van der Waals surface area contributed by atoms with Gasteiger partial charge in [-0.2, -0.15) is 0 Å². The van der Waals surface area contributed by atoms with Crippen LogP contribution < -0.4 is 10.1 Å². The van der Waals surface area contributed by atoms with Crippen LogP contribution in [0.2, 0.25) is 5.02 Å². The largest absolute Gasteiger partial charge is 0.497 e. The van der Waals surface area contributed by atoms with Gasteiger partial charge in [-0.05, 0) is 19.1 Å². The maximum absolute atomic E-state index is 6.09. The molecule has 86 valence electrons. The Morgan fingerprint density at radius 3 is 3.00 bits per heavy atom. The van der Waals surface area contributed by atoms with Gasteiger partial charge >= 0.3 is 0 Å². The molecule has 1 aromatic rings. The molecular weight excluding hydrogens is 244 g/mol. The van der Waals surface area contributed by atoms with Gasteiger partial charge in [0.05, 0.1) is 23.9 Å². The Morgan fingerprint density at radius 2 is 2.38 bits per heavy atom. The molecule has 0 aromatic heterocycles. The summed E-state index contributed by atoms with van der Waals surface area (Å²) in [5, 5.41) is 4.80. The molecule has 3 nitrogen and oxygen atoms in total. The van der Waals surface area contributed by atoms with E-state index in [0.29, 0.717) is 11.1 Å². The second-order valence-corrected chi connectivity index (χ2v) is 4.98. The molecule has 1 aromatic carbocycles. The van der Waals surface area contributed by atoms with Gasteiger partial charge in [-0.1, -0.05) is 23.4 Å². The quantitative estimate of drug-likeness (QED) is 0.882. The number of aliphatic imine (C=N–C) groups is 1. The number of nitrogens with zero attached hydrogens (tertiary/aromatic N) is 1. The molecule has 2 rings (SSSR count). The maximum atomic E-state index is 6.09. The summed E-state index contributed by atoms with van der Waals surface area (Å²) in [5.41, 5.74) is 0.835. The Bertz CT molecular complexity index is 422. The number of ether oxygens (including phenoxy) is 1. The molecule has 0 spiro atoms. The van der Waals surface area contributed by atoms with Crippen molar-refractivity contribution in [3.8, 4) is 5.75 Å². The molecule has 0 bridgehead atoms. The van der Waals surface area contributed by atoms with Gasteiger partial charge < -0.3 is 10.1 Å². The minimum absolute atomic E-state index is 0.372. The van der Waals surface area contributed by atoms with Crippen LogP contribution in [0.25, 0.3) is 0 Å². The number of benzene rings is 1. The Kier molecular flexibility index (Phi) is 3.61. The molecular formula is C11H13ClN2OS. The fourth-order valence-electron chi connectivity index (χ4n) is 1.38. The molecule has 0 amide bonds. The molecule has 0 saturated carbocycles. The highest BCUT2D eigenvalue weighted by molar-refractivity contribution is 8.14. The number of halogens is 1. The van der Waals surface area contributed by atoms with Gasteiger partial charge in [-0.15, -0.1) is 0 Å². The van der Waals surface area contributed by atoms with Crippen LogP contribution in [0.4, 0.5) is 5.69 Å². The van der Waals surface area contributed by atoms with Crippen LogP contribution in [-0.2, 0) is 0 Å². The van der Waals surface area contributed by atoms with Crippen LogP contribution in [0, 0.1) is 0 Å². The van der Waals surface area contributed by atoms with E-state index in [1.807, 2.05) is 18.2 Å². The second-order valence-electron chi connectivity index (χ2n) is 3.57. The summed E-state index contributed by atoms with van der Waals surface area (Å²) in [4.78, 5) is 4.45. The highest BCUT2D eigenvalue weighted by Crippen LogP contribution is 2.29. The number of amidine groups is 1. The minimum Gasteiger partial charge on any atom is -0.497 e. The van der Waals surface area contributed by atoms with E-state index in [-0.39, 0.29) is 0 Å². The van der Waals surface area contributed by atoms with Gasteiger partial charge in [0.1, 0.15) is 5.75 Å². The first-order valence-electron chi connectivity index (χ1n) is 5.00. The number of nitrogens with one attached hydrogen (secondary N) is 1. The van der Waals surface area contributed by atoms with Gasteiger partial charge in [0.15, 0.2) is 5.17 Å². The topological polar surface area (TPSA) is 33.6 Å². The van der Waals surface area contributed by atoms with Crippen LogP contribution in [0.1, 0.15) is 6.92 Å². The predicted molar refractivity (Wildman–Crippen MR) is 71.0 cm³/mol. The summed E-state index contributed by atoms with van der Waals surface area (Å²) >= 11 is 7.79. The van der Waals surface area contributed by atoms with Crippen molar-refractivity contribution in [1.82, 2.24) is 0 Å². The van der Waals surface area contributed by atoms with Crippen molar-refractivity contribution < 1.29 is 4.74 Å². The number of rotatable bonds is 2. The molecule has 5 heteroatoms. The molecule has 1 heterocycles. The van der Waals surface area contributed by atoms with Gasteiger partial charge in [0.2, 0.25) is 0 Å². The van der Waals surface area contributed by atoms with Crippen molar-refractivity contribution in [3.05, 3.63) is 23.2 Å². The summed E-state index contributed by atoms with van der Waals surface area (Å²) in [7, 11) is 1.64. The van der Waals surface area contributed by atoms with Crippen LogP contribution in [0.3, 0.4) is 0 Å². The summed E-state index contributed by atoms with van der Waals surface area (Å²) in [6.07, 6.45) is 0. The van der Waals surface area contributed by atoms with Crippen molar-refractivity contribution in [2.75, 3.05) is 18.2 Å². The number of hydrogen-bond acceptors (Lipinski definition) is 4. The van der Waals surface area contributed by atoms with E-state index < -0.39 is 0 Å². The fraction of sp³-hybridized carbons (Fsp3) is 0.364. The molecule has 1 atom stereocenters. The lowest BCUT2D eigenvalue weighted by molar-refractivity contribution is 0.415. The van der Waals surface area contributed by atoms with Crippen molar-refractivity contribution in [2.45, 2.75) is 13.0 Å². The lowest BCUT2D eigenvalue weighted by Gasteiger charge is -2.08. The Morgan fingerprint density at radius 1 is 1.56 bits per heavy atom. The van der Waals surface area contributed by atoms with Gasteiger partial charge in [-0.3, -0.25) is 4.99 Å². The highest BCUT2D eigenvalue weighted by Gasteiger charge is 2.14. The zero-order chi connectivity index (χ0) is 11.5. The molecule has 1 aliphatic rings. The SMILES string of the molecule is COc1ccc(Cl)c(NC2=NC(C)CS2)c1. The molecule has 1 aliphatic heterocycles. The molecule has 1 N–H and O–H groups in total. The number of thioether (sulfide) groups is 1. The molecule has 0 radical (unpaired) electrons. The summed E-state index contributed by atoms with van der Waals surface area (Å²) < 4.78 is 5.15. The average Bonchev–Trinajstić information content (AvgIpc) is 2.67. The van der Waals surface area contributed by atoms with Gasteiger partial charge in [0.25, 0.3) is 0 Å². The van der Waals surface area contributed by atoms with E-state index in [1.54, 1.807) is 18.9 Å². The first-order chi connectivity index (χ1) is 7.69. The Balaban J connectivity index is 2.17. The maximum Gasteiger partial charge on any atom is 0.161 e. The molecule has 0 aliphatic carbocycles. The first kappa shape index (κ1) is 11.6. The van der Waals surface area contributed by atoms with Gasteiger partial charge in [0, 0.05) is 11.8 Å². The highest BCUT2D eigenvalue weighted by atomic mass is 35.5. The van der Waals surface area contributed by atoms with E-state index in [1.165, 1.54) is 0 Å². The average molecular weight is 257 g/mol. The molecule has 0 fully saturated rings.